The van der Waals surface area contributed by atoms with Crippen LogP contribution in [-0.4, -0.2) is 110 Å². The average Bonchev–Trinajstić information content (AvgIpc) is 3.72. The lowest BCUT2D eigenvalue weighted by molar-refractivity contribution is -0.117. The van der Waals surface area contributed by atoms with E-state index in [1.807, 2.05) is 42.4 Å². The van der Waals surface area contributed by atoms with Gasteiger partial charge in [-0.15, -0.1) is 0 Å². The van der Waals surface area contributed by atoms with Crippen LogP contribution in [0.25, 0.3) is 0 Å². The van der Waals surface area contributed by atoms with Crippen molar-refractivity contribution in [1.29, 1.82) is 0 Å². The Morgan fingerprint density at radius 3 is 1.67 bits per heavy atom. The molecule has 42 heavy (non-hydrogen) atoms. The van der Waals surface area contributed by atoms with Crippen molar-refractivity contribution in [2.24, 2.45) is 0 Å². The van der Waals surface area contributed by atoms with Crippen molar-refractivity contribution >= 4 is 29.5 Å². The number of rotatable bonds is 7. The van der Waals surface area contributed by atoms with Crippen LogP contribution in [0.4, 0.5) is 0 Å². The Morgan fingerprint density at radius 2 is 1.21 bits per heavy atom. The smallest absolute Gasteiger partial charge is 0.336 e. The third-order valence-electron chi connectivity index (χ3n) is 8.01. The Morgan fingerprint density at radius 1 is 0.738 bits per heavy atom. The van der Waals surface area contributed by atoms with Crippen molar-refractivity contribution in [2.45, 2.75) is 57.5 Å². The molecule has 0 spiro atoms. The number of carbonyl (C=O) groups is 5. The summed E-state index contributed by atoms with van der Waals surface area (Å²) in [5, 5.41) is 32.0. The molecular weight excluding hydrogens is 544 g/mol. The van der Waals surface area contributed by atoms with Gasteiger partial charge in [0.1, 0.15) is 11.4 Å². The zero-order chi connectivity index (χ0) is 30.7. The van der Waals surface area contributed by atoms with Crippen molar-refractivity contribution in [3.8, 4) is 0 Å². The number of hydrogen-bond acceptors (Lipinski definition) is 9. The molecule has 0 unspecified atom stereocenters. The van der Waals surface area contributed by atoms with Crippen molar-refractivity contribution in [3.63, 3.8) is 0 Å². The quantitative estimate of drug-likeness (QED) is 0.274. The Hall–Kier alpha value is -4.19. The number of carboxylic acids is 3. The molecule has 4 saturated heterocycles. The normalized spacial score (nSPS) is 22.3. The van der Waals surface area contributed by atoms with Crippen LogP contribution in [0.3, 0.4) is 0 Å². The SMILES string of the molecule is CC1(C)CC(c2c(C(=O)O)ccc(C(=O)O)c2C(=O)O)CC(C)(C)N1.O=C1C=C(N2CC2)C(=O)C(N2CC2)=C1N1CC1. The maximum atomic E-state index is 12.4. The van der Waals surface area contributed by atoms with Gasteiger partial charge in [-0.05, 0) is 64.2 Å². The summed E-state index contributed by atoms with van der Waals surface area (Å²) in [5.41, 5.74) is 0.322. The molecule has 4 N–H and O–H groups in total. The highest BCUT2D eigenvalue weighted by atomic mass is 16.4. The van der Waals surface area contributed by atoms with E-state index >= 15 is 0 Å². The average molecular weight is 581 g/mol. The van der Waals surface area contributed by atoms with Gasteiger partial charge in [-0.3, -0.25) is 9.59 Å². The fourth-order valence-electron chi connectivity index (χ4n) is 6.44. The highest BCUT2D eigenvalue weighted by Crippen LogP contribution is 2.42. The van der Waals surface area contributed by atoms with E-state index in [9.17, 15) is 39.3 Å². The second kappa shape index (κ2) is 10.3. The Kier molecular flexibility index (Phi) is 7.16. The zero-order valence-corrected chi connectivity index (χ0v) is 24.2. The van der Waals surface area contributed by atoms with Crippen molar-refractivity contribution in [2.75, 3.05) is 39.3 Å². The molecule has 12 heteroatoms. The number of carboxylic acid groups (broad SMARTS) is 3. The molecule has 4 aliphatic heterocycles. The summed E-state index contributed by atoms with van der Waals surface area (Å²) in [6.07, 6.45) is 2.52. The number of aromatic carboxylic acids is 3. The molecule has 0 radical (unpaired) electrons. The van der Waals surface area contributed by atoms with Crippen molar-refractivity contribution < 1.29 is 39.3 Å². The largest absolute Gasteiger partial charge is 0.478 e. The lowest BCUT2D eigenvalue weighted by Gasteiger charge is -2.47. The van der Waals surface area contributed by atoms with Gasteiger partial charge in [0.05, 0.1) is 22.4 Å². The summed E-state index contributed by atoms with van der Waals surface area (Å²) in [5.74, 6) is -4.41. The highest BCUT2D eigenvalue weighted by molar-refractivity contribution is 6.22. The first-order valence-corrected chi connectivity index (χ1v) is 14.1. The lowest BCUT2D eigenvalue weighted by Crippen LogP contribution is -2.57. The Balaban J connectivity index is 0.000000179. The van der Waals surface area contributed by atoms with E-state index in [1.165, 1.54) is 12.1 Å². The molecule has 12 nitrogen and oxygen atoms in total. The van der Waals surface area contributed by atoms with E-state index in [-0.39, 0.29) is 45.3 Å². The maximum Gasteiger partial charge on any atom is 0.336 e. The van der Waals surface area contributed by atoms with Crippen molar-refractivity contribution in [1.82, 2.24) is 20.0 Å². The van der Waals surface area contributed by atoms with E-state index in [4.69, 9.17) is 0 Å². The van der Waals surface area contributed by atoms with Crippen LogP contribution in [0.1, 0.15) is 83.1 Å². The van der Waals surface area contributed by atoms with Gasteiger partial charge in [-0.25, -0.2) is 14.4 Å². The summed E-state index contributed by atoms with van der Waals surface area (Å²) in [6, 6.07) is 2.24. The first-order chi connectivity index (χ1) is 19.6. The van der Waals surface area contributed by atoms with E-state index in [0.717, 1.165) is 45.3 Å². The molecular formula is C30H36N4O8. The summed E-state index contributed by atoms with van der Waals surface area (Å²) < 4.78 is 0. The van der Waals surface area contributed by atoms with Gasteiger partial charge in [0.15, 0.2) is 0 Å². The van der Waals surface area contributed by atoms with E-state index < -0.39 is 23.5 Å². The molecule has 0 atom stereocenters. The summed E-state index contributed by atoms with van der Waals surface area (Å²) in [7, 11) is 0. The van der Waals surface area contributed by atoms with Gasteiger partial charge in [-0.2, -0.15) is 0 Å². The molecule has 4 heterocycles. The standard InChI is InChI=1S/C18H23NO6.C12H13N3O2/c1-17(2)7-9(8-18(3,4)19-17)12-10(14(20)21)5-6-11(15(22)23)13(12)16(24)25;16-9-7-8(13-1-2-13)12(17)11(15-5-6-15)10(9)14-3-4-14/h5-6,9,19H,7-8H2,1-4H3,(H,20,21)(H,22,23)(H,24,25);7H,1-6H2. The van der Waals surface area contributed by atoms with Crippen LogP contribution < -0.4 is 5.32 Å². The van der Waals surface area contributed by atoms with Crippen molar-refractivity contribution in [3.05, 3.63) is 57.6 Å². The molecule has 1 aromatic rings. The summed E-state index contributed by atoms with van der Waals surface area (Å²) >= 11 is 0. The second-order valence-corrected chi connectivity index (χ2v) is 12.7. The minimum absolute atomic E-state index is 0.00546. The van der Waals surface area contributed by atoms with Gasteiger partial charge >= 0.3 is 17.9 Å². The fraction of sp³-hybridized carbons (Fsp3) is 0.500. The van der Waals surface area contributed by atoms with Gasteiger partial charge in [0.25, 0.3) is 0 Å². The Labute approximate surface area is 243 Å². The molecule has 6 rings (SSSR count). The van der Waals surface area contributed by atoms with Crippen LogP contribution in [0.5, 0.6) is 0 Å². The molecule has 0 saturated carbocycles. The molecule has 4 fully saturated rings. The zero-order valence-electron chi connectivity index (χ0n) is 24.2. The topological polar surface area (TPSA) is 167 Å². The Bertz CT molecular complexity index is 1450. The predicted octanol–water partition coefficient (Wildman–Crippen LogP) is 1.99. The molecule has 1 aliphatic carbocycles. The number of Topliss-reactive ketones (excluding diaryl/α,β-unsaturated/α-hetero) is 1. The van der Waals surface area contributed by atoms with Crippen LogP contribution in [0.2, 0.25) is 0 Å². The third kappa shape index (κ3) is 5.89. The minimum atomic E-state index is -1.43. The van der Waals surface area contributed by atoms with Crippen LogP contribution in [0.15, 0.2) is 35.3 Å². The monoisotopic (exact) mass is 580 g/mol. The number of allylic oxidation sites excluding steroid dienone is 1. The second-order valence-electron chi connectivity index (χ2n) is 12.7. The maximum absolute atomic E-state index is 12.4. The third-order valence-corrected chi connectivity index (χ3v) is 8.01. The number of piperidine rings is 1. The minimum Gasteiger partial charge on any atom is -0.478 e. The van der Waals surface area contributed by atoms with Crippen LogP contribution in [-0.2, 0) is 9.59 Å². The van der Waals surface area contributed by atoms with Crippen LogP contribution >= 0.6 is 0 Å². The van der Waals surface area contributed by atoms with Gasteiger partial charge in [0.2, 0.25) is 11.6 Å². The van der Waals surface area contributed by atoms with Gasteiger partial charge < -0.3 is 35.3 Å². The number of nitrogens with zero attached hydrogens (tertiary/aromatic N) is 3. The molecule has 224 valence electrons. The fourth-order valence-corrected chi connectivity index (χ4v) is 6.44. The predicted molar refractivity (Wildman–Crippen MR) is 150 cm³/mol. The molecule has 0 amide bonds. The van der Waals surface area contributed by atoms with E-state index in [2.05, 4.69) is 5.32 Å². The molecule has 5 aliphatic rings. The number of nitrogens with one attached hydrogen (secondary N) is 1. The number of hydrogen-bond donors (Lipinski definition) is 4. The first-order valence-electron chi connectivity index (χ1n) is 14.1. The summed E-state index contributed by atoms with van der Waals surface area (Å²) in [4.78, 5) is 65.4. The van der Waals surface area contributed by atoms with Crippen LogP contribution in [0, 0.1) is 0 Å². The molecule has 0 aromatic heterocycles. The van der Waals surface area contributed by atoms with Gasteiger partial charge in [0, 0.05) is 56.4 Å². The highest BCUT2D eigenvalue weighted by Gasteiger charge is 2.44. The number of benzene rings is 1. The number of carbonyl (C=O) groups excluding carboxylic acids is 2. The lowest BCUT2D eigenvalue weighted by atomic mass is 9.70. The molecule has 1 aromatic carbocycles. The number of ketones is 2. The summed E-state index contributed by atoms with van der Waals surface area (Å²) in [6.45, 7) is 13.3. The van der Waals surface area contributed by atoms with E-state index in [0.29, 0.717) is 29.9 Å². The van der Waals surface area contributed by atoms with Gasteiger partial charge in [-0.1, -0.05) is 0 Å². The first kappa shape index (κ1) is 29.3. The van der Waals surface area contributed by atoms with E-state index in [1.54, 1.807) is 0 Å². The molecule has 0 bridgehead atoms.